The van der Waals surface area contributed by atoms with Gasteiger partial charge in [-0.2, -0.15) is 0 Å². The molecule has 0 N–H and O–H groups in total. The fourth-order valence-corrected chi connectivity index (χ4v) is 17.9. The number of rotatable bonds is 8. The Hall–Kier alpha value is -10.2. The van der Waals surface area contributed by atoms with Crippen molar-refractivity contribution in [1.29, 1.82) is 0 Å². The molecule has 99 heavy (non-hydrogen) atoms. The van der Waals surface area contributed by atoms with Gasteiger partial charge in [0.2, 0.25) is 0 Å². The molecule has 0 atom stereocenters. The first-order chi connectivity index (χ1) is 46.7. The second kappa shape index (κ2) is 34.9. The van der Waals surface area contributed by atoms with E-state index in [1.807, 2.05) is 0 Å². The molecule has 12 rings (SSSR count). The van der Waals surface area contributed by atoms with E-state index < -0.39 is 154 Å². The van der Waals surface area contributed by atoms with Crippen molar-refractivity contribution in [3.63, 3.8) is 0 Å². The van der Waals surface area contributed by atoms with Gasteiger partial charge in [0.05, 0.1) is 0 Å². The van der Waals surface area contributed by atoms with E-state index in [0.717, 1.165) is 0 Å². The predicted molar refractivity (Wildman–Crippen MR) is 325 cm³/mol. The van der Waals surface area contributed by atoms with Gasteiger partial charge < -0.3 is 20.4 Å². The van der Waals surface area contributed by atoms with Crippen molar-refractivity contribution in [3.05, 3.63) is 359 Å². The largest absolute Gasteiger partial charge is 2.00 e. The number of benzene rings is 12. The zero-order chi connectivity index (χ0) is 71.8. The third-order valence-corrected chi connectivity index (χ3v) is 22.4. The Balaban J connectivity index is 0.000000194. The van der Waals surface area contributed by atoms with Crippen LogP contribution in [0.3, 0.4) is 0 Å². The molecule has 0 amide bonds. The third kappa shape index (κ3) is 16.5. The summed E-state index contributed by atoms with van der Waals surface area (Å²) in [5.41, 5.74) is 0. The van der Waals surface area contributed by atoms with Crippen molar-refractivity contribution in [3.8, 4) is 23.0 Å². The van der Waals surface area contributed by atoms with E-state index in [1.54, 1.807) is 0 Å². The van der Waals surface area contributed by atoms with Gasteiger partial charge in [-0.15, -0.1) is 0 Å². The Labute approximate surface area is 561 Å². The molecule has 1 radical (unpaired) electrons. The smallest absolute Gasteiger partial charge is 0.868 e. The number of halogens is 20. The van der Waals surface area contributed by atoms with Gasteiger partial charge in [0, 0.05) is 0 Å². The molecule has 0 aliphatic heterocycles. The van der Waals surface area contributed by atoms with Crippen LogP contribution in [-0.2, 0) is 17.1 Å². The Morgan fingerprint density at radius 3 is 0.313 bits per heavy atom. The molecule has 0 aliphatic rings. The Kier molecular flexibility index (Phi) is 27.4. The number of hydrogen-bond donors (Lipinski definition) is 0. The summed E-state index contributed by atoms with van der Waals surface area (Å²) in [6.07, 6.45) is 0. The summed E-state index contributed by atoms with van der Waals surface area (Å²) in [4.78, 5) is 0. The monoisotopic (exact) mass is 1470 g/mol. The summed E-state index contributed by atoms with van der Waals surface area (Å²) in [5.74, 6) is -54.3. The summed E-state index contributed by atoms with van der Waals surface area (Å²) in [6, 6.07) is 87.7. The average molecular weight is 1470 g/mol. The molecule has 0 fully saturated rings. The molecule has 12 aromatic carbocycles. The molecule has 0 saturated heterocycles. The minimum Gasteiger partial charge on any atom is -0.868 e. The maximum absolute atomic E-state index is 12.1. The van der Waals surface area contributed by atoms with Gasteiger partial charge in [0.15, 0.2) is 116 Å². The third-order valence-electron chi connectivity index (χ3n) is 13.8. The Bertz CT molecular complexity index is 3490. The summed E-state index contributed by atoms with van der Waals surface area (Å²) < 4.78 is 242. The first-order valence-corrected chi connectivity index (χ1v) is 31.2. The van der Waals surface area contributed by atoms with Crippen LogP contribution in [0.4, 0.5) is 87.8 Å². The van der Waals surface area contributed by atoms with Gasteiger partial charge in [0.1, 0.15) is 57.0 Å². The fraction of sp³-hybridized carbons (Fsp3) is 0. The quantitative estimate of drug-likeness (QED) is 0.0498. The molecule has 0 spiro atoms. The van der Waals surface area contributed by atoms with E-state index in [-0.39, 0.29) is 17.1 Å². The zero-order valence-corrected chi connectivity index (χ0v) is 52.2. The van der Waals surface area contributed by atoms with Crippen LogP contribution in [0, 0.1) is 116 Å². The second-order valence-corrected chi connectivity index (χ2v) is 26.4. The minimum atomic E-state index is -2.33. The van der Waals surface area contributed by atoms with E-state index in [4.69, 9.17) is 0 Å². The van der Waals surface area contributed by atoms with Crippen LogP contribution in [0.1, 0.15) is 0 Å². The summed E-state index contributed by atoms with van der Waals surface area (Å²) in [7, 11) is -3.81. The first kappa shape index (κ1) is 77.8. The summed E-state index contributed by atoms with van der Waals surface area (Å²) in [5, 5.41) is 51.8. The van der Waals surface area contributed by atoms with Crippen LogP contribution in [-0.4, -0.2) is 0 Å². The van der Waals surface area contributed by atoms with Crippen molar-refractivity contribution in [2.75, 3.05) is 0 Å². The molecule has 0 heterocycles. The summed E-state index contributed by atoms with van der Waals surface area (Å²) >= 11 is 0. The van der Waals surface area contributed by atoms with Crippen molar-refractivity contribution in [1.82, 2.24) is 0 Å². The Morgan fingerprint density at radius 1 is 0.141 bits per heavy atom. The molecule has 0 saturated carbocycles. The van der Waals surface area contributed by atoms with Crippen molar-refractivity contribution < 1.29 is 125 Å². The van der Waals surface area contributed by atoms with Crippen molar-refractivity contribution in [2.45, 2.75) is 0 Å². The van der Waals surface area contributed by atoms with Crippen LogP contribution < -0.4 is 62.9 Å². The molecule has 27 heteroatoms. The summed E-state index contributed by atoms with van der Waals surface area (Å²) in [6.45, 7) is 0. The second-order valence-electron chi connectivity index (χ2n) is 19.6. The van der Waals surface area contributed by atoms with Gasteiger partial charge >= 0.3 is 17.1 Å². The van der Waals surface area contributed by atoms with E-state index >= 15 is 0 Å². The van der Waals surface area contributed by atoms with Crippen molar-refractivity contribution >= 4 is 57.0 Å². The molecule has 4 nitrogen and oxygen atoms in total. The SMILES string of the molecule is [Cu+2].[O-]c1c(F)c(F)c(F)c(F)c1F.[O-]c1c(F)c(F)c(F)c(F)c1F.[O-]c1c(F)c(F)c(F)c(F)c1F.[O-]c1c(F)c(F)c(F)c(F)c1F.c1ccc([P+](c2ccccc2)(c2ccccc2)c2ccccc2)cc1.c1ccc([P+](c2ccccc2)(c2ccccc2)c2ccccc2)cc1. The van der Waals surface area contributed by atoms with E-state index in [1.165, 1.54) is 42.4 Å². The molecular formula is C72H40CuF20O4P2. The molecule has 12 aromatic rings. The van der Waals surface area contributed by atoms with Crippen LogP contribution >= 0.6 is 14.5 Å². The van der Waals surface area contributed by atoms with Gasteiger partial charge in [-0.3, -0.25) is 0 Å². The molecule has 0 aromatic heterocycles. The van der Waals surface area contributed by atoms with Crippen LogP contribution in [0.15, 0.2) is 243 Å². The molecule has 513 valence electrons. The topological polar surface area (TPSA) is 92.2 Å². The first-order valence-electron chi connectivity index (χ1n) is 27.7. The zero-order valence-electron chi connectivity index (χ0n) is 49.5. The maximum Gasteiger partial charge on any atom is 2.00 e. The van der Waals surface area contributed by atoms with Crippen LogP contribution in [0.2, 0.25) is 0 Å². The maximum atomic E-state index is 12.1. The molecule has 0 unspecified atom stereocenters. The van der Waals surface area contributed by atoms with E-state index in [2.05, 4.69) is 243 Å². The molecule has 0 aliphatic carbocycles. The molecule has 0 bridgehead atoms. The van der Waals surface area contributed by atoms with E-state index in [0.29, 0.717) is 0 Å². The van der Waals surface area contributed by atoms with Gasteiger partial charge in [-0.25, -0.2) is 87.8 Å². The van der Waals surface area contributed by atoms with Gasteiger partial charge in [0.25, 0.3) is 0 Å². The average Bonchev–Trinajstić information content (AvgIpc) is 0.743. The predicted octanol–water partition coefficient (Wildman–Crippen LogP) is 14.4. The Morgan fingerprint density at radius 2 is 0.222 bits per heavy atom. The number of hydrogen-bond acceptors (Lipinski definition) is 4. The van der Waals surface area contributed by atoms with Crippen LogP contribution in [0.25, 0.3) is 0 Å². The normalized spacial score (nSPS) is 10.7. The van der Waals surface area contributed by atoms with Gasteiger partial charge in [-0.05, 0) is 120 Å². The standard InChI is InChI=1S/2C24H20P.4C6HF5O.Cu/c2*1-5-13-21(14-6-1)25(22-15-7-2-8-16-22,23-17-9-3-10-18-23)24-19-11-4-12-20-24;4*7-1-2(8)4(10)6(12)5(11)3(1)9;/h2*1-20H;4*12H;/q2*+1;;;;;+2/p-4. The van der Waals surface area contributed by atoms with Gasteiger partial charge in [-0.1, -0.05) is 146 Å². The van der Waals surface area contributed by atoms with Crippen LogP contribution in [0.5, 0.6) is 23.0 Å². The molecular weight excluding hydrogens is 1430 g/mol. The fourth-order valence-electron chi connectivity index (χ4n) is 9.34. The van der Waals surface area contributed by atoms with Crippen molar-refractivity contribution in [2.24, 2.45) is 0 Å². The van der Waals surface area contributed by atoms with E-state index in [9.17, 15) is 108 Å². The minimum absolute atomic E-state index is 0.